The lowest BCUT2D eigenvalue weighted by Crippen LogP contribution is -2.48. The van der Waals surface area contributed by atoms with E-state index in [0.717, 1.165) is 6.54 Å². The number of benzene rings is 1. The molecule has 5 nitrogen and oxygen atoms in total. The van der Waals surface area contributed by atoms with Crippen LogP contribution in [0.15, 0.2) is 18.2 Å². The molecule has 0 radical (unpaired) electrons. The molecule has 0 aliphatic carbocycles. The van der Waals surface area contributed by atoms with Crippen molar-refractivity contribution in [2.45, 2.75) is 32.9 Å². The fraction of sp³-hybridized carbons (Fsp3) is 0.467. The molecule has 0 aliphatic rings. The van der Waals surface area contributed by atoms with Crippen LogP contribution in [0.1, 0.15) is 31.1 Å². The first kappa shape index (κ1) is 18.7. The van der Waals surface area contributed by atoms with Crippen LogP contribution >= 0.6 is 23.2 Å². The third kappa shape index (κ3) is 5.48. The maximum atomic E-state index is 12.1. The minimum absolute atomic E-state index is 0.166. The van der Waals surface area contributed by atoms with Crippen molar-refractivity contribution in [3.8, 4) is 0 Å². The molecule has 1 unspecified atom stereocenters. The third-order valence-electron chi connectivity index (χ3n) is 3.07. The van der Waals surface area contributed by atoms with Crippen molar-refractivity contribution in [3.63, 3.8) is 0 Å². The summed E-state index contributed by atoms with van der Waals surface area (Å²) in [4.78, 5) is 24.1. The topological polar surface area (TPSA) is 70.2 Å². The van der Waals surface area contributed by atoms with Crippen molar-refractivity contribution in [1.29, 1.82) is 0 Å². The molecule has 1 aromatic carbocycles. The molecule has 0 bridgehead atoms. The fourth-order valence-electron chi connectivity index (χ4n) is 1.85. The summed E-state index contributed by atoms with van der Waals surface area (Å²) < 4.78 is 0. The van der Waals surface area contributed by atoms with Crippen LogP contribution in [0.4, 0.5) is 0 Å². The van der Waals surface area contributed by atoms with E-state index in [1.165, 1.54) is 0 Å². The van der Waals surface area contributed by atoms with E-state index in [-0.39, 0.29) is 22.5 Å². The van der Waals surface area contributed by atoms with Gasteiger partial charge in [0.2, 0.25) is 5.91 Å². The van der Waals surface area contributed by atoms with Crippen LogP contribution in [0.2, 0.25) is 10.0 Å². The highest BCUT2D eigenvalue weighted by Crippen LogP contribution is 2.25. The Kier molecular flexibility index (Phi) is 7.65. The van der Waals surface area contributed by atoms with E-state index in [2.05, 4.69) is 16.0 Å². The summed E-state index contributed by atoms with van der Waals surface area (Å²) >= 11 is 11.9. The number of carbonyl (C=O) groups excluding carboxylic acids is 2. The molecule has 1 rings (SSSR count). The van der Waals surface area contributed by atoms with E-state index in [1.54, 1.807) is 25.1 Å². The molecule has 0 heterocycles. The van der Waals surface area contributed by atoms with Crippen LogP contribution in [-0.2, 0) is 4.79 Å². The number of halogens is 2. The Morgan fingerprint density at radius 3 is 2.55 bits per heavy atom. The van der Waals surface area contributed by atoms with Crippen molar-refractivity contribution in [1.82, 2.24) is 16.0 Å². The Morgan fingerprint density at radius 2 is 1.91 bits per heavy atom. The van der Waals surface area contributed by atoms with Gasteiger partial charge in [-0.1, -0.05) is 36.2 Å². The average Bonchev–Trinajstić information content (AvgIpc) is 2.47. The van der Waals surface area contributed by atoms with Crippen LogP contribution in [0.25, 0.3) is 0 Å². The lowest BCUT2D eigenvalue weighted by atomic mass is 10.2. The molecule has 0 fully saturated rings. The highest BCUT2D eigenvalue weighted by Gasteiger charge is 2.19. The molecule has 1 aromatic rings. The summed E-state index contributed by atoms with van der Waals surface area (Å²) in [6, 6.07) is 4.28. The Morgan fingerprint density at radius 1 is 1.23 bits per heavy atom. The van der Waals surface area contributed by atoms with Crippen molar-refractivity contribution < 1.29 is 9.59 Å². The van der Waals surface area contributed by atoms with Crippen LogP contribution < -0.4 is 16.0 Å². The summed E-state index contributed by atoms with van der Waals surface area (Å²) in [6.45, 7) is 6.90. The molecule has 22 heavy (non-hydrogen) atoms. The highest BCUT2D eigenvalue weighted by atomic mass is 35.5. The van der Waals surface area contributed by atoms with Gasteiger partial charge in [-0.25, -0.2) is 0 Å². The van der Waals surface area contributed by atoms with Gasteiger partial charge in [0.1, 0.15) is 6.04 Å². The van der Waals surface area contributed by atoms with E-state index in [1.807, 2.05) is 13.8 Å². The molecule has 2 atom stereocenters. The number of rotatable bonds is 7. The normalized spacial score (nSPS) is 13.3. The van der Waals surface area contributed by atoms with Crippen LogP contribution in [-0.4, -0.2) is 37.0 Å². The third-order valence-corrected chi connectivity index (χ3v) is 3.89. The van der Waals surface area contributed by atoms with Gasteiger partial charge in [0.25, 0.3) is 5.91 Å². The SMILES string of the molecule is CCN[C@H](C)CNC(=O)C(C)NC(=O)c1cccc(Cl)c1Cl. The zero-order chi connectivity index (χ0) is 16.7. The molecule has 0 saturated heterocycles. The Hall–Kier alpha value is -1.30. The first-order valence-electron chi connectivity index (χ1n) is 7.12. The minimum Gasteiger partial charge on any atom is -0.353 e. The zero-order valence-electron chi connectivity index (χ0n) is 12.9. The quantitative estimate of drug-likeness (QED) is 0.709. The maximum absolute atomic E-state index is 12.1. The lowest BCUT2D eigenvalue weighted by Gasteiger charge is -2.17. The molecule has 7 heteroatoms. The summed E-state index contributed by atoms with van der Waals surface area (Å²) in [6.07, 6.45) is 0. The van der Waals surface area contributed by atoms with Gasteiger partial charge >= 0.3 is 0 Å². The molecule has 0 spiro atoms. The monoisotopic (exact) mass is 345 g/mol. The first-order chi connectivity index (χ1) is 10.4. The van der Waals surface area contributed by atoms with Crippen molar-refractivity contribution >= 4 is 35.0 Å². The zero-order valence-corrected chi connectivity index (χ0v) is 14.4. The largest absolute Gasteiger partial charge is 0.353 e. The summed E-state index contributed by atoms with van der Waals surface area (Å²) in [7, 11) is 0. The van der Waals surface area contributed by atoms with Crippen LogP contribution in [0, 0.1) is 0 Å². The highest BCUT2D eigenvalue weighted by molar-refractivity contribution is 6.43. The average molecular weight is 346 g/mol. The molecule has 2 amide bonds. The van der Waals surface area contributed by atoms with E-state index in [9.17, 15) is 9.59 Å². The number of hydrogen-bond donors (Lipinski definition) is 3. The number of nitrogens with one attached hydrogen (secondary N) is 3. The standard InChI is InChI=1S/C15H21Cl2N3O2/c1-4-18-9(2)8-19-14(21)10(3)20-15(22)11-6-5-7-12(16)13(11)17/h5-7,9-10,18H,4,8H2,1-3H3,(H,19,21)(H,20,22)/t9-,10?/m1/s1. The second-order valence-corrected chi connectivity index (χ2v) is 5.79. The summed E-state index contributed by atoms with van der Waals surface area (Å²) in [5.41, 5.74) is 0.245. The summed E-state index contributed by atoms with van der Waals surface area (Å²) in [5.74, 6) is -0.689. The van der Waals surface area contributed by atoms with Gasteiger partial charge in [0, 0.05) is 12.6 Å². The molecule has 0 saturated carbocycles. The van der Waals surface area contributed by atoms with Gasteiger partial charge in [-0.15, -0.1) is 0 Å². The van der Waals surface area contributed by atoms with Crippen molar-refractivity contribution in [2.75, 3.05) is 13.1 Å². The van der Waals surface area contributed by atoms with Crippen LogP contribution in [0.5, 0.6) is 0 Å². The second kappa shape index (κ2) is 8.98. The lowest BCUT2D eigenvalue weighted by molar-refractivity contribution is -0.122. The van der Waals surface area contributed by atoms with Gasteiger partial charge in [-0.2, -0.15) is 0 Å². The summed E-state index contributed by atoms with van der Waals surface area (Å²) in [5, 5.41) is 9.04. The minimum atomic E-state index is -0.670. The van der Waals surface area contributed by atoms with E-state index >= 15 is 0 Å². The predicted octanol–water partition coefficient (Wildman–Crippen LogP) is 2.23. The number of likely N-dealkylation sites (N-methyl/N-ethyl adjacent to an activating group) is 1. The van der Waals surface area contributed by atoms with E-state index in [4.69, 9.17) is 23.2 Å². The molecule has 0 aromatic heterocycles. The maximum Gasteiger partial charge on any atom is 0.253 e. The number of amides is 2. The molecule has 122 valence electrons. The van der Waals surface area contributed by atoms with Crippen LogP contribution in [0.3, 0.4) is 0 Å². The smallest absolute Gasteiger partial charge is 0.253 e. The second-order valence-electron chi connectivity index (χ2n) is 5.00. The van der Waals surface area contributed by atoms with Gasteiger partial charge < -0.3 is 16.0 Å². The predicted molar refractivity (Wildman–Crippen MR) is 89.5 cm³/mol. The van der Waals surface area contributed by atoms with Gasteiger partial charge in [-0.05, 0) is 32.5 Å². The molecule has 0 aliphatic heterocycles. The van der Waals surface area contributed by atoms with Crippen molar-refractivity contribution in [3.05, 3.63) is 33.8 Å². The molecular formula is C15H21Cl2N3O2. The fourth-order valence-corrected chi connectivity index (χ4v) is 2.23. The van der Waals surface area contributed by atoms with Gasteiger partial charge in [0.15, 0.2) is 0 Å². The Balaban J connectivity index is 2.56. The van der Waals surface area contributed by atoms with Crippen molar-refractivity contribution in [2.24, 2.45) is 0 Å². The number of carbonyl (C=O) groups is 2. The number of hydrogen-bond acceptors (Lipinski definition) is 3. The first-order valence-corrected chi connectivity index (χ1v) is 7.88. The van der Waals surface area contributed by atoms with Gasteiger partial charge in [-0.3, -0.25) is 9.59 Å². The Labute approximate surface area is 140 Å². The van der Waals surface area contributed by atoms with Gasteiger partial charge in [0.05, 0.1) is 15.6 Å². The molecule has 3 N–H and O–H groups in total. The van der Waals surface area contributed by atoms with E-state index < -0.39 is 11.9 Å². The van der Waals surface area contributed by atoms with E-state index in [0.29, 0.717) is 11.6 Å². The Bertz CT molecular complexity index is 538. The molecular weight excluding hydrogens is 325 g/mol.